The van der Waals surface area contributed by atoms with Crippen molar-refractivity contribution in [1.29, 1.82) is 0 Å². The summed E-state index contributed by atoms with van der Waals surface area (Å²) in [5, 5.41) is 2.92. The smallest absolute Gasteiger partial charge is 0.328 e. The van der Waals surface area contributed by atoms with Gasteiger partial charge in [0, 0.05) is 25.6 Å². The average molecular weight is 426 g/mol. The van der Waals surface area contributed by atoms with Crippen molar-refractivity contribution in [2.24, 2.45) is 28.6 Å². The van der Waals surface area contributed by atoms with Crippen LogP contribution in [0.15, 0.2) is 0 Å². The van der Waals surface area contributed by atoms with E-state index in [9.17, 15) is 18.8 Å². The van der Waals surface area contributed by atoms with Crippen LogP contribution in [0.1, 0.15) is 47.5 Å². The molecule has 2 heterocycles. The van der Waals surface area contributed by atoms with Crippen LogP contribution in [-0.2, 0) is 14.3 Å². The molecule has 2 aliphatic heterocycles. The molecular weight excluding hydrogens is 389 g/mol. The molecule has 0 aromatic rings. The number of piperidine rings is 1. The number of methoxy groups -OCH3 is 1. The first-order chi connectivity index (χ1) is 13.9. The van der Waals surface area contributed by atoms with E-state index in [1.165, 1.54) is 7.11 Å². The van der Waals surface area contributed by atoms with Crippen molar-refractivity contribution in [3.05, 3.63) is 0 Å². The number of likely N-dealkylation sites (tertiary alicyclic amines) is 2. The van der Waals surface area contributed by atoms with E-state index < -0.39 is 23.5 Å². The predicted octanol–water partition coefficient (Wildman–Crippen LogP) is 2.45. The normalized spacial score (nSPS) is 30.6. The zero-order valence-electron chi connectivity index (χ0n) is 19.0. The van der Waals surface area contributed by atoms with Crippen LogP contribution >= 0.6 is 0 Å². The quantitative estimate of drug-likeness (QED) is 0.687. The maximum absolute atomic E-state index is 13.6. The van der Waals surface area contributed by atoms with Crippen LogP contribution in [0.2, 0.25) is 0 Å². The van der Waals surface area contributed by atoms with Gasteiger partial charge in [0.1, 0.15) is 12.1 Å². The zero-order valence-corrected chi connectivity index (χ0v) is 19.0. The molecular formula is C22H36FN3O4. The summed E-state index contributed by atoms with van der Waals surface area (Å²) in [6.07, 6.45) is 1.24. The molecule has 3 fully saturated rings. The van der Waals surface area contributed by atoms with Gasteiger partial charge in [0.2, 0.25) is 5.91 Å². The molecule has 0 aromatic heterocycles. The summed E-state index contributed by atoms with van der Waals surface area (Å²) in [6, 6.07) is -1.67. The number of hydrogen-bond donors (Lipinski definition) is 1. The molecule has 1 saturated carbocycles. The van der Waals surface area contributed by atoms with Crippen LogP contribution in [0, 0.1) is 28.6 Å². The van der Waals surface area contributed by atoms with Crippen molar-refractivity contribution in [3.63, 3.8) is 0 Å². The SMILES string of the molecule is COC(=O)[C@@H]1[C@@H]2[C@H](CN1C(=O)[C@@H](NC(=O)N1CCC(CCF)C1)C(C)(C)C)C2(C)C. The third-order valence-corrected chi connectivity index (χ3v) is 7.41. The first-order valence-electron chi connectivity index (χ1n) is 10.9. The Morgan fingerprint density at radius 2 is 1.90 bits per heavy atom. The molecule has 2 saturated heterocycles. The molecule has 7 nitrogen and oxygen atoms in total. The van der Waals surface area contributed by atoms with Crippen molar-refractivity contribution >= 4 is 17.9 Å². The van der Waals surface area contributed by atoms with E-state index in [0.29, 0.717) is 26.1 Å². The van der Waals surface area contributed by atoms with Crippen LogP contribution < -0.4 is 5.32 Å². The number of fused-ring (bicyclic) bond motifs is 1. The summed E-state index contributed by atoms with van der Waals surface area (Å²) < 4.78 is 17.6. The molecule has 1 aliphatic carbocycles. The van der Waals surface area contributed by atoms with Gasteiger partial charge < -0.3 is 19.9 Å². The van der Waals surface area contributed by atoms with E-state index in [2.05, 4.69) is 19.2 Å². The zero-order chi connectivity index (χ0) is 22.4. The highest BCUT2D eigenvalue weighted by Gasteiger charge is 2.70. The maximum atomic E-state index is 13.6. The molecule has 30 heavy (non-hydrogen) atoms. The predicted molar refractivity (Wildman–Crippen MR) is 110 cm³/mol. The molecule has 0 aromatic carbocycles. The number of rotatable bonds is 5. The summed E-state index contributed by atoms with van der Waals surface area (Å²) in [6.45, 7) is 11.1. The fourth-order valence-electron chi connectivity index (χ4n) is 5.34. The van der Waals surface area contributed by atoms with Gasteiger partial charge in [-0.1, -0.05) is 34.6 Å². The number of nitrogens with zero attached hydrogens (tertiary/aromatic N) is 2. The molecule has 1 N–H and O–H groups in total. The summed E-state index contributed by atoms with van der Waals surface area (Å²) in [5.41, 5.74) is -0.523. The Balaban J connectivity index is 1.74. The third kappa shape index (κ3) is 4.02. The lowest BCUT2D eigenvalue weighted by atomic mass is 9.85. The number of halogens is 1. The first-order valence-corrected chi connectivity index (χ1v) is 10.9. The Hall–Kier alpha value is -1.86. The molecule has 8 heteroatoms. The van der Waals surface area contributed by atoms with Crippen LogP contribution in [0.3, 0.4) is 0 Å². The summed E-state index contributed by atoms with van der Waals surface area (Å²) >= 11 is 0. The number of nitrogens with one attached hydrogen (secondary N) is 1. The topological polar surface area (TPSA) is 79.0 Å². The standard InChI is InChI=1S/C22H36FN3O4/c1-21(2,3)17(24-20(29)25-10-8-13(11-25)7-9-23)18(27)26-12-14-15(22(14,4)5)16(26)19(28)30-6/h13-17H,7-12H2,1-6H3,(H,24,29)/t13?,14-,15-,16-,17+/m0/s1. The number of amides is 3. The minimum atomic E-state index is -0.766. The Kier molecular flexibility index (Phi) is 6.09. The van der Waals surface area contributed by atoms with Gasteiger partial charge in [-0.2, -0.15) is 0 Å². The van der Waals surface area contributed by atoms with E-state index in [0.717, 1.165) is 6.42 Å². The summed E-state index contributed by atoms with van der Waals surface area (Å²) in [4.78, 5) is 42.2. The molecule has 170 valence electrons. The number of carbonyl (C=O) groups is 3. The monoisotopic (exact) mass is 425 g/mol. The largest absolute Gasteiger partial charge is 0.467 e. The number of hydrogen-bond acceptors (Lipinski definition) is 4. The molecule has 3 rings (SSSR count). The number of esters is 1. The Labute approximate surface area is 178 Å². The highest BCUT2D eigenvalue weighted by Crippen LogP contribution is 2.65. The fraction of sp³-hybridized carbons (Fsp3) is 0.864. The summed E-state index contributed by atoms with van der Waals surface area (Å²) in [7, 11) is 1.35. The van der Waals surface area contributed by atoms with Crippen molar-refractivity contribution in [2.45, 2.75) is 59.5 Å². The Morgan fingerprint density at radius 3 is 2.47 bits per heavy atom. The molecule has 0 bridgehead atoms. The van der Waals surface area contributed by atoms with Gasteiger partial charge in [0.25, 0.3) is 0 Å². The van der Waals surface area contributed by atoms with Crippen LogP contribution in [-0.4, -0.2) is 73.2 Å². The second-order valence-electron chi connectivity index (χ2n) is 10.7. The van der Waals surface area contributed by atoms with Crippen LogP contribution in [0.5, 0.6) is 0 Å². The second-order valence-corrected chi connectivity index (χ2v) is 10.7. The fourth-order valence-corrected chi connectivity index (χ4v) is 5.34. The second kappa shape index (κ2) is 8.00. The van der Waals surface area contributed by atoms with Crippen molar-refractivity contribution in [1.82, 2.24) is 15.1 Å². The van der Waals surface area contributed by atoms with E-state index in [1.807, 2.05) is 20.8 Å². The van der Waals surface area contributed by atoms with Gasteiger partial charge >= 0.3 is 12.0 Å². The lowest BCUT2D eigenvalue weighted by Crippen LogP contribution is -2.59. The lowest BCUT2D eigenvalue weighted by molar-refractivity contribution is -0.154. The van der Waals surface area contributed by atoms with Crippen molar-refractivity contribution < 1.29 is 23.5 Å². The molecule has 5 atom stereocenters. The van der Waals surface area contributed by atoms with Gasteiger partial charge in [-0.25, -0.2) is 9.59 Å². The van der Waals surface area contributed by atoms with Crippen LogP contribution in [0.4, 0.5) is 9.18 Å². The maximum Gasteiger partial charge on any atom is 0.328 e. The third-order valence-electron chi connectivity index (χ3n) is 7.41. The van der Waals surface area contributed by atoms with Gasteiger partial charge in [-0.05, 0) is 35.5 Å². The van der Waals surface area contributed by atoms with E-state index >= 15 is 0 Å². The highest BCUT2D eigenvalue weighted by molar-refractivity contribution is 5.92. The van der Waals surface area contributed by atoms with Gasteiger partial charge in [0.15, 0.2) is 0 Å². The molecule has 0 radical (unpaired) electrons. The highest BCUT2D eigenvalue weighted by atomic mass is 19.1. The van der Waals surface area contributed by atoms with Gasteiger partial charge in [-0.3, -0.25) is 9.18 Å². The first kappa shape index (κ1) is 22.8. The number of ether oxygens (including phenoxy) is 1. The van der Waals surface area contributed by atoms with E-state index in [1.54, 1.807) is 9.80 Å². The van der Waals surface area contributed by atoms with E-state index in [-0.39, 0.29) is 41.8 Å². The average Bonchev–Trinajstić information content (AvgIpc) is 3.09. The Bertz CT molecular complexity index is 705. The van der Waals surface area contributed by atoms with Crippen molar-refractivity contribution in [3.8, 4) is 0 Å². The van der Waals surface area contributed by atoms with Gasteiger partial charge in [0.05, 0.1) is 13.8 Å². The van der Waals surface area contributed by atoms with Gasteiger partial charge in [-0.15, -0.1) is 0 Å². The van der Waals surface area contributed by atoms with Crippen LogP contribution in [0.25, 0.3) is 0 Å². The number of urea groups is 1. The van der Waals surface area contributed by atoms with Crippen molar-refractivity contribution in [2.75, 3.05) is 33.4 Å². The number of carbonyl (C=O) groups excluding carboxylic acids is 3. The minimum absolute atomic E-state index is 0.0110. The molecule has 0 spiro atoms. The summed E-state index contributed by atoms with van der Waals surface area (Å²) in [5.74, 6) is -0.115. The lowest BCUT2D eigenvalue weighted by Gasteiger charge is -2.37. The minimum Gasteiger partial charge on any atom is -0.467 e. The molecule has 1 unspecified atom stereocenters. The molecule has 3 amide bonds. The number of alkyl halides is 1. The molecule has 3 aliphatic rings. The van der Waals surface area contributed by atoms with E-state index in [4.69, 9.17) is 4.74 Å². The Morgan fingerprint density at radius 1 is 1.23 bits per heavy atom.